The third-order valence-corrected chi connectivity index (χ3v) is 3.99. The maximum atomic E-state index is 5.45. The number of nitrogens with two attached hydrogens (primary N) is 1. The predicted octanol–water partition coefficient (Wildman–Crippen LogP) is 2.17. The van der Waals surface area contributed by atoms with Gasteiger partial charge in [-0.2, -0.15) is 16.9 Å². The number of nitrogens with zero attached hydrogens (tertiary/aromatic N) is 2. The van der Waals surface area contributed by atoms with Gasteiger partial charge in [-0.25, -0.2) is 0 Å². The van der Waals surface area contributed by atoms with Crippen molar-refractivity contribution in [3.63, 3.8) is 0 Å². The minimum absolute atomic E-state index is 0.738. The van der Waals surface area contributed by atoms with Crippen LogP contribution in [0.1, 0.15) is 18.3 Å². The Bertz CT molecular complexity index is 298. The molecule has 0 fully saturated rings. The standard InChI is InChI=1S/C9H16BrN3S/c1-3-13-8(6-14-5-4-11)9(10)7(2)12-13/h3-6,11H2,1-2H3. The second-order valence-corrected chi connectivity index (χ2v) is 4.90. The van der Waals surface area contributed by atoms with Gasteiger partial charge in [0.2, 0.25) is 0 Å². The average Bonchev–Trinajstić information content (AvgIpc) is 2.45. The third-order valence-electron chi connectivity index (χ3n) is 1.95. The van der Waals surface area contributed by atoms with Crippen molar-refractivity contribution >= 4 is 27.7 Å². The first kappa shape index (κ1) is 12.1. The normalized spacial score (nSPS) is 10.9. The molecule has 0 aliphatic carbocycles. The van der Waals surface area contributed by atoms with Gasteiger partial charge in [-0.05, 0) is 29.8 Å². The Kier molecular flexibility index (Phi) is 4.98. The van der Waals surface area contributed by atoms with E-state index in [9.17, 15) is 0 Å². The Labute approximate surface area is 97.6 Å². The fourth-order valence-electron chi connectivity index (χ4n) is 1.26. The van der Waals surface area contributed by atoms with Crippen molar-refractivity contribution in [2.75, 3.05) is 12.3 Å². The molecule has 1 rings (SSSR count). The third kappa shape index (κ3) is 2.74. The Morgan fingerprint density at radius 1 is 1.57 bits per heavy atom. The molecule has 1 aromatic heterocycles. The highest BCUT2D eigenvalue weighted by Crippen LogP contribution is 2.24. The van der Waals surface area contributed by atoms with E-state index in [1.54, 1.807) is 0 Å². The van der Waals surface area contributed by atoms with Crippen LogP contribution in [-0.4, -0.2) is 22.1 Å². The lowest BCUT2D eigenvalue weighted by Crippen LogP contribution is -2.04. The number of hydrogen-bond donors (Lipinski definition) is 1. The lowest BCUT2D eigenvalue weighted by Gasteiger charge is -2.04. The van der Waals surface area contributed by atoms with E-state index in [1.807, 2.05) is 23.4 Å². The van der Waals surface area contributed by atoms with Crippen LogP contribution < -0.4 is 5.73 Å². The number of aryl methyl sites for hydroxylation is 2. The zero-order valence-corrected chi connectivity index (χ0v) is 11.0. The van der Waals surface area contributed by atoms with E-state index in [1.165, 1.54) is 5.69 Å². The molecule has 0 unspecified atom stereocenters. The molecule has 2 N–H and O–H groups in total. The Hall–Kier alpha value is -0.0000000000000000763. The maximum Gasteiger partial charge on any atom is 0.0739 e. The molecule has 0 aromatic carbocycles. The van der Waals surface area contributed by atoms with Gasteiger partial charge < -0.3 is 5.73 Å². The first-order chi connectivity index (χ1) is 6.70. The summed E-state index contributed by atoms with van der Waals surface area (Å²) in [5, 5.41) is 4.43. The summed E-state index contributed by atoms with van der Waals surface area (Å²) in [6.07, 6.45) is 0. The molecular formula is C9H16BrN3S. The molecule has 0 saturated carbocycles. The lowest BCUT2D eigenvalue weighted by atomic mass is 10.4. The lowest BCUT2D eigenvalue weighted by molar-refractivity contribution is 0.631. The molecule has 0 aliphatic heterocycles. The van der Waals surface area contributed by atoms with Crippen molar-refractivity contribution < 1.29 is 0 Å². The Morgan fingerprint density at radius 2 is 2.29 bits per heavy atom. The van der Waals surface area contributed by atoms with Crippen molar-refractivity contribution in [1.29, 1.82) is 0 Å². The van der Waals surface area contributed by atoms with Gasteiger partial charge in [0.15, 0.2) is 0 Å². The van der Waals surface area contributed by atoms with E-state index in [0.29, 0.717) is 0 Å². The van der Waals surface area contributed by atoms with Gasteiger partial charge in [0.1, 0.15) is 0 Å². The summed E-state index contributed by atoms with van der Waals surface area (Å²) >= 11 is 5.41. The fraction of sp³-hybridized carbons (Fsp3) is 0.667. The van der Waals surface area contributed by atoms with Crippen LogP contribution in [-0.2, 0) is 12.3 Å². The zero-order valence-electron chi connectivity index (χ0n) is 8.59. The topological polar surface area (TPSA) is 43.8 Å². The van der Waals surface area contributed by atoms with Gasteiger partial charge in [-0.3, -0.25) is 4.68 Å². The van der Waals surface area contributed by atoms with Crippen molar-refractivity contribution in [3.05, 3.63) is 15.9 Å². The minimum atomic E-state index is 0.738. The molecular weight excluding hydrogens is 262 g/mol. The van der Waals surface area contributed by atoms with E-state index in [4.69, 9.17) is 5.73 Å². The van der Waals surface area contributed by atoms with Crippen LogP contribution in [0.4, 0.5) is 0 Å². The van der Waals surface area contributed by atoms with Crippen molar-refractivity contribution in [1.82, 2.24) is 9.78 Å². The summed E-state index contributed by atoms with van der Waals surface area (Å²) in [6, 6.07) is 0. The van der Waals surface area contributed by atoms with E-state index in [0.717, 1.165) is 34.8 Å². The second kappa shape index (κ2) is 5.78. The van der Waals surface area contributed by atoms with Crippen LogP contribution in [0, 0.1) is 6.92 Å². The van der Waals surface area contributed by atoms with Crippen LogP contribution in [0.5, 0.6) is 0 Å². The second-order valence-electron chi connectivity index (χ2n) is 3.00. The largest absolute Gasteiger partial charge is 0.330 e. The summed E-state index contributed by atoms with van der Waals surface area (Å²) in [5.41, 5.74) is 7.78. The molecule has 0 saturated heterocycles. The highest BCUT2D eigenvalue weighted by atomic mass is 79.9. The van der Waals surface area contributed by atoms with E-state index < -0.39 is 0 Å². The van der Waals surface area contributed by atoms with Gasteiger partial charge in [-0.1, -0.05) is 0 Å². The number of hydrogen-bond acceptors (Lipinski definition) is 3. The van der Waals surface area contributed by atoms with Crippen molar-refractivity contribution in [3.8, 4) is 0 Å². The Morgan fingerprint density at radius 3 is 2.86 bits per heavy atom. The average molecular weight is 278 g/mol. The molecule has 3 nitrogen and oxygen atoms in total. The van der Waals surface area contributed by atoms with Gasteiger partial charge in [-0.15, -0.1) is 0 Å². The van der Waals surface area contributed by atoms with Gasteiger partial charge >= 0.3 is 0 Å². The molecule has 0 bridgehead atoms. The van der Waals surface area contributed by atoms with Crippen molar-refractivity contribution in [2.45, 2.75) is 26.1 Å². The Balaban J connectivity index is 2.72. The summed E-state index contributed by atoms with van der Waals surface area (Å²) in [5.74, 6) is 1.98. The highest BCUT2D eigenvalue weighted by molar-refractivity contribution is 9.10. The molecule has 0 atom stereocenters. The van der Waals surface area contributed by atoms with Crippen LogP contribution >= 0.6 is 27.7 Å². The molecule has 14 heavy (non-hydrogen) atoms. The fourth-order valence-corrected chi connectivity index (χ4v) is 2.67. The number of halogens is 1. The first-order valence-electron chi connectivity index (χ1n) is 4.70. The zero-order chi connectivity index (χ0) is 10.6. The first-order valence-corrected chi connectivity index (χ1v) is 6.65. The summed E-state index contributed by atoms with van der Waals surface area (Å²) in [6.45, 7) is 5.79. The smallest absolute Gasteiger partial charge is 0.0739 e. The number of thioether (sulfide) groups is 1. The molecule has 0 radical (unpaired) electrons. The van der Waals surface area contributed by atoms with Gasteiger partial charge in [0, 0.05) is 24.6 Å². The van der Waals surface area contributed by atoms with Crippen LogP contribution in [0.2, 0.25) is 0 Å². The summed E-state index contributed by atoms with van der Waals surface area (Å²) < 4.78 is 3.19. The van der Waals surface area contributed by atoms with Crippen LogP contribution in [0.15, 0.2) is 4.47 Å². The molecule has 0 amide bonds. The van der Waals surface area contributed by atoms with Crippen LogP contribution in [0.3, 0.4) is 0 Å². The van der Waals surface area contributed by atoms with Gasteiger partial charge in [0.05, 0.1) is 15.9 Å². The molecule has 1 heterocycles. The molecule has 80 valence electrons. The SMILES string of the molecule is CCn1nc(C)c(Br)c1CSCCN. The molecule has 1 aromatic rings. The van der Waals surface area contributed by atoms with Gasteiger partial charge in [0.25, 0.3) is 0 Å². The summed E-state index contributed by atoms with van der Waals surface area (Å²) in [4.78, 5) is 0. The maximum absolute atomic E-state index is 5.45. The quantitative estimate of drug-likeness (QED) is 0.839. The van der Waals surface area contributed by atoms with Crippen LogP contribution in [0.25, 0.3) is 0 Å². The monoisotopic (exact) mass is 277 g/mol. The minimum Gasteiger partial charge on any atom is -0.330 e. The van der Waals surface area contributed by atoms with E-state index in [2.05, 4.69) is 28.0 Å². The number of aromatic nitrogens is 2. The predicted molar refractivity (Wildman–Crippen MR) is 65.6 cm³/mol. The van der Waals surface area contributed by atoms with Crippen molar-refractivity contribution in [2.24, 2.45) is 5.73 Å². The highest BCUT2D eigenvalue weighted by Gasteiger charge is 2.11. The molecule has 0 aliphatic rings. The number of rotatable bonds is 5. The molecule has 0 spiro atoms. The summed E-state index contributed by atoms with van der Waals surface area (Å²) in [7, 11) is 0. The molecule has 5 heteroatoms. The van der Waals surface area contributed by atoms with E-state index in [-0.39, 0.29) is 0 Å². The van der Waals surface area contributed by atoms with E-state index >= 15 is 0 Å².